The third-order valence-electron chi connectivity index (χ3n) is 5.12. The van der Waals surface area contributed by atoms with Gasteiger partial charge in [0.1, 0.15) is 6.10 Å². The number of ether oxygens (including phenoxy) is 2. The van der Waals surface area contributed by atoms with Gasteiger partial charge in [-0.25, -0.2) is 4.79 Å². The average molecular weight is 331 g/mol. The summed E-state index contributed by atoms with van der Waals surface area (Å²) in [5.74, 6) is 0.0331. The Bertz CT molecular complexity index is 537. The van der Waals surface area contributed by atoms with E-state index in [2.05, 4.69) is 18.7 Å². The van der Waals surface area contributed by atoms with Crippen molar-refractivity contribution in [2.45, 2.75) is 51.2 Å². The number of esters is 1. The van der Waals surface area contributed by atoms with Gasteiger partial charge in [0.2, 0.25) is 0 Å². The first-order chi connectivity index (χ1) is 11.5. The first-order valence-electron chi connectivity index (χ1n) is 9.16. The third-order valence-corrected chi connectivity index (χ3v) is 5.12. The van der Waals surface area contributed by atoms with Crippen LogP contribution in [0.4, 0.5) is 0 Å². The van der Waals surface area contributed by atoms with Gasteiger partial charge >= 0.3 is 5.97 Å². The summed E-state index contributed by atoms with van der Waals surface area (Å²) in [4.78, 5) is 15.0. The summed E-state index contributed by atoms with van der Waals surface area (Å²) in [6.45, 7) is 8.08. The van der Waals surface area contributed by atoms with Gasteiger partial charge in [0.15, 0.2) is 0 Å². The summed E-state index contributed by atoms with van der Waals surface area (Å²) in [6, 6.07) is 9.28. The smallest absolute Gasteiger partial charge is 0.338 e. The van der Waals surface area contributed by atoms with Crippen molar-refractivity contribution < 1.29 is 14.3 Å². The Balaban J connectivity index is 1.66. The van der Waals surface area contributed by atoms with Crippen molar-refractivity contribution >= 4 is 5.97 Å². The number of rotatable bonds is 4. The second kappa shape index (κ2) is 7.66. The van der Waals surface area contributed by atoms with E-state index in [0.29, 0.717) is 12.2 Å². The molecule has 2 heterocycles. The summed E-state index contributed by atoms with van der Waals surface area (Å²) in [7, 11) is 0. The highest BCUT2D eigenvalue weighted by Crippen LogP contribution is 2.31. The standard InChI is InChI=1S/C20H29NO3/c1-20(2)13-18(24-19(22)16-9-5-3-6-10-16)17(15-23-20)14-21-11-7-4-8-12-21/h3,5-6,9-10,17-18H,4,7-8,11-15H2,1-2H3/t17-,18-/m0/s1. The highest BCUT2D eigenvalue weighted by atomic mass is 16.6. The Labute approximate surface area is 145 Å². The Morgan fingerprint density at radius 1 is 1.21 bits per heavy atom. The molecule has 0 amide bonds. The first-order valence-corrected chi connectivity index (χ1v) is 9.16. The van der Waals surface area contributed by atoms with Crippen LogP contribution in [0.1, 0.15) is 49.9 Å². The maximum Gasteiger partial charge on any atom is 0.338 e. The van der Waals surface area contributed by atoms with Crippen LogP contribution in [0.3, 0.4) is 0 Å². The van der Waals surface area contributed by atoms with Crippen LogP contribution < -0.4 is 0 Å². The molecule has 2 atom stereocenters. The van der Waals surface area contributed by atoms with E-state index in [4.69, 9.17) is 9.47 Å². The van der Waals surface area contributed by atoms with E-state index in [1.807, 2.05) is 30.3 Å². The quantitative estimate of drug-likeness (QED) is 0.792. The van der Waals surface area contributed by atoms with E-state index in [1.54, 1.807) is 0 Å². The molecule has 2 aliphatic heterocycles. The topological polar surface area (TPSA) is 38.8 Å². The van der Waals surface area contributed by atoms with E-state index in [-0.39, 0.29) is 23.6 Å². The molecule has 2 saturated heterocycles. The maximum atomic E-state index is 12.5. The molecule has 1 aromatic carbocycles. The van der Waals surface area contributed by atoms with Gasteiger partial charge in [-0.05, 0) is 51.9 Å². The fourth-order valence-corrected chi connectivity index (χ4v) is 3.71. The molecule has 4 heteroatoms. The minimum absolute atomic E-state index is 0.0802. The number of hydrogen-bond donors (Lipinski definition) is 0. The van der Waals surface area contributed by atoms with E-state index in [9.17, 15) is 4.79 Å². The second-order valence-electron chi connectivity index (χ2n) is 7.71. The molecule has 0 aromatic heterocycles. The molecule has 3 rings (SSSR count). The molecule has 0 bridgehead atoms. The number of hydrogen-bond acceptors (Lipinski definition) is 4. The Hall–Kier alpha value is -1.39. The van der Waals surface area contributed by atoms with Gasteiger partial charge in [0, 0.05) is 18.9 Å². The van der Waals surface area contributed by atoms with E-state index < -0.39 is 0 Å². The lowest BCUT2D eigenvalue weighted by Crippen LogP contribution is -2.49. The van der Waals surface area contributed by atoms with Crippen molar-refractivity contribution in [3.8, 4) is 0 Å². The number of nitrogens with zero attached hydrogens (tertiary/aromatic N) is 1. The largest absolute Gasteiger partial charge is 0.458 e. The molecule has 24 heavy (non-hydrogen) atoms. The highest BCUT2D eigenvalue weighted by molar-refractivity contribution is 5.89. The zero-order chi connectivity index (χ0) is 17.0. The molecule has 0 spiro atoms. The van der Waals surface area contributed by atoms with Gasteiger partial charge in [-0.1, -0.05) is 24.6 Å². The molecule has 0 saturated carbocycles. The van der Waals surface area contributed by atoms with Crippen molar-refractivity contribution in [3.63, 3.8) is 0 Å². The number of benzene rings is 1. The minimum Gasteiger partial charge on any atom is -0.458 e. The predicted octanol–water partition coefficient (Wildman–Crippen LogP) is 3.51. The molecule has 132 valence electrons. The van der Waals surface area contributed by atoms with Gasteiger partial charge in [0.05, 0.1) is 17.8 Å². The molecule has 1 aromatic rings. The van der Waals surface area contributed by atoms with Crippen LogP contribution in [0.15, 0.2) is 30.3 Å². The average Bonchev–Trinajstić information content (AvgIpc) is 2.59. The summed E-state index contributed by atoms with van der Waals surface area (Å²) in [6.07, 6.45) is 4.55. The first kappa shape index (κ1) is 17.4. The Kier molecular flexibility index (Phi) is 5.57. The minimum atomic E-state index is -0.236. The van der Waals surface area contributed by atoms with Crippen molar-refractivity contribution in [2.75, 3.05) is 26.2 Å². The van der Waals surface area contributed by atoms with Crippen LogP contribution in [-0.2, 0) is 9.47 Å². The van der Waals surface area contributed by atoms with Crippen LogP contribution in [0.2, 0.25) is 0 Å². The molecule has 0 aliphatic carbocycles. The molecular weight excluding hydrogens is 302 g/mol. The Morgan fingerprint density at radius 2 is 1.92 bits per heavy atom. The van der Waals surface area contributed by atoms with Crippen LogP contribution in [0.25, 0.3) is 0 Å². The summed E-state index contributed by atoms with van der Waals surface area (Å²) >= 11 is 0. The van der Waals surface area contributed by atoms with Crippen LogP contribution in [0, 0.1) is 5.92 Å². The molecular formula is C20H29NO3. The maximum absolute atomic E-state index is 12.5. The third kappa shape index (κ3) is 4.58. The lowest BCUT2D eigenvalue weighted by Gasteiger charge is -2.42. The number of carbonyl (C=O) groups excluding carboxylic acids is 1. The molecule has 0 unspecified atom stereocenters. The lowest BCUT2D eigenvalue weighted by atomic mass is 9.87. The van der Waals surface area contributed by atoms with E-state index >= 15 is 0 Å². The van der Waals surface area contributed by atoms with Crippen molar-refractivity contribution in [3.05, 3.63) is 35.9 Å². The molecule has 2 aliphatic rings. The highest BCUT2D eigenvalue weighted by Gasteiger charge is 2.39. The van der Waals surface area contributed by atoms with Crippen molar-refractivity contribution in [2.24, 2.45) is 5.92 Å². The van der Waals surface area contributed by atoms with Gasteiger partial charge < -0.3 is 14.4 Å². The zero-order valence-corrected chi connectivity index (χ0v) is 14.9. The summed E-state index contributed by atoms with van der Waals surface area (Å²) < 4.78 is 11.9. The van der Waals surface area contributed by atoms with Gasteiger partial charge in [0.25, 0.3) is 0 Å². The molecule has 0 N–H and O–H groups in total. The number of likely N-dealkylation sites (tertiary alicyclic amines) is 1. The van der Waals surface area contributed by atoms with Crippen molar-refractivity contribution in [1.82, 2.24) is 4.90 Å². The fourth-order valence-electron chi connectivity index (χ4n) is 3.71. The number of carbonyl (C=O) groups is 1. The van der Waals surface area contributed by atoms with E-state index in [1.165, 1.54) is 19.3 Å². The molecule has 4 nitrogen and oxygen atoms in total. The Morgan fingerprint density at radius 3 is 2.62 bits per heavy atom. The van der Waals surface area contributed by atoms with Crippen LogP contribution >= 0.6 is 0 Å². The molecule has 2 fully saturated rings. The zero-order valence-electron chi connectivity index (χ0n) is 14.9. The number of piperidine rings is 1. The predicted molar refractivity (Wildman–Crippen MR) is 94.1 cm³/mol. The second-order valence-corrected chi connectivity index (χ2v) is 7.71. The van der Waals surface area contributed by atoms with Gasteiger partial charge in [-0.15, -0.1) is 0 Å². The summed E-state index contributed by atoms with van der Waals surface area (Å²) in [5.41, 5.74) is 0.388. The van der Waals surface area contributed by atoms with Crippen molar-refractivity contribution in [1.29, 1.82) is 0 Å². The van der Waals surface area contributed by atoms with Gasteiger partial charge in [-0.3, -0.25) is 0 Å². The lowest BCUT2D eigenvalue weighted by molar-refractivity contribution is -0.137. The summed E-state index contributed by atoms with van der Waals surface area (Å²) in [5, 5.41) is 0. The fraction of sp³-hybridized carbons (Fsp3) is 0.650. The normalized spacial score (nSPS) is 27.6. The van der Waals surface area contributed by atoms with E-state index in [0.717, 1.165) is 26.1 Å². The SMILES string of the molecule is CC1(C)C[C@H](OC(=O)c2ccccc2)[C@@H](CN2CCCCC2)CO1. The van der Waals surface area contributed by atoms with Crippen LogP contribution in [-0.4, -0.2) is 48.8 Å². The van der Waals surface area contributed by atoms with Crippen LogP contribution in [0.5, 0.6) is 0 Å². The molecule has 0 radical (unpaired) electrons. The monoisotopic (exact) mass is 331 g/mol. The van der Waals surface area contributed by atoms with Gasteiger partial charge in [-0.2, -0.15) is 0 Å².